The van der Waals surface area contributed by atoms with Crippen LogP contribution < -0.4 is 10.2 Å². The van der Waals surface area contributed by atoms with Gasteiger partial charge in [-0.1, -0.05) is 0 Å². The number of nitrogens with one attached hydrogen (secondary N) is 1. The van der Waals surface area contributed by atoms with Gasteiger partial charge >= 0.3 is 6.18 Å². The predicted octanol–water partition coefficient (Wildman–Crippen LogP) is 2.58. The monoisotopic (exact) mass is 260 g/mol. The van der Waals surface area contributed by atoms with Crippen LogP contribution >= 0.6 is 0 Å². The van der Waals surface area contributed by atoms with E-state index in [1.165, 1.54) is 12.1 Å². The summed E-state index contributed by atoms with van der Waals surface area (Å²) in [4.78, 5) is 1.91. The Morgan fingerprint density at radius 1 is 1.22 bits per heavy atom. The molecule has 1 aliphatic rings. The summed E-state index contributed by atoms with van der Waals surface area (Å²) in [6, 6.07) is 3.75. The number of hydrogen-bond acceptors (Lipinski definition) is 3. The van der Waals surface area contributed by atoms with Crippen LogP contribution in [0.15, 0.2) is 18.2 Å². The molecule has 1 heterocycles. The molecule has 6 heteroatoms. The van der Waals surface area contributed by atoms with Crippen molar-refractivity contribution in [2.75, 3.05) is 43.6 Å². The maximum atomic E-state index is 12.7. The molecule has 0 radical (unpaired) electrons. The van der Waals surface area contributed by atoms with Gasteiger partial charge in [-0.25, -0.2) is 0 Å². The molecule has 100 valence electrons. The first-order valence-corrected chi connectivity index (χ1v) is 5.74. The number of anilines is 2. The molecule has 1 saturated heterocycles. The molecule has 1 fully saturated rings. The quantitative estimate of drug-likeness (QED) is 0.884. The van der Waals surface area contributed by atoms with Crippen LogP contribution in [0.1, 0.15) is 5.56 Å². The molecular weight excluding hydrogens is 245 g/mol. The first-order chi connectivity index (χ1) is 8.52. The van der Waals surface area contributed by atoms with Gasteiger partial charge in [-0.2, -0.15) is 13.2 Å². The van der Waals surface area contributed by atoms with Crippen LogP contribution in [-0.2, 0) is 10.9 Å². The fourth-order valence-corrected chi connectivity index (χ4v) is 1.99. The summed E-state index contributed by atoms with van der Waals surface area (Å²) >= 11 is 0. The van der Waals surface area contributed by atoms with Gasteiger partial charge in [0.25, 0.3) is 0 Å². The Kier molecular flexibility index (Phi) is 3.65. The number of morpholine rings is 1. The van der Waals surface area contributed by atoms with Crippen molar-refractivity contribution >= 4 is 11.4 Å². The molecule has 0 atom stereocenters. The second-order valence-corrected chi connectivity index (χ2v) is 4.08. The summed E-state index contributed by atoms with van der Waals surface area (Å²) < 4.78 is 43.3. The molecule has 18 heavy (non-hydrogen) atoms. The third-order valence-corrected chi connectivity index (χ3v) is 2.95. The molecular formula is C12H15F3N2O. The molecule has 1 aromatic rings. The van der Waals surface area contributed by atoms with Gasteiger partial charge in [0.1, 0.15) is 0 Å². The summed E-state index contributed by atoms with van der Waals surface area (Å²) in [5, 5.41) is 2.92. The second kappa shape index (κ2) is 5.06. The molecule has 0 aromatic heterocycles. The summed E-state index contributed by atoms with van der Waals surface area (Å²) in [6.07, 6.45) is -4.31. The first kappa shape index (κ1) is 13.0. The molecule has 0 bridgehead atoms. The van der Waals surface area contributed by atoms with E-state index in [-0.39, 0.29) is 0 Å². The topological polar surface area (TPSA) is 24.5 Å². The minimum atomic E-state index is -4.31. The number of benzene rings is 1. The zero-order chi connectivity index (χ0) is 13.2. The minimum absolute atomic E-state index is 0.541. The van der Waals surface area contributed by atoms with Gasteiger partial charge in [0.15, 0.2) is 0 Å². The van der Waals surface area contributed by atoms with Gasteiger partial charge in [0.05, 0.1) is 30.2 Å². The van der Waals surface area contributed by atoms with Crippen molar-refractivity contribution in [1.82, 2.24) is 0 Å². The van der Waals surface area contributed by atoms with Gasteiger partial charge in [-0.3, -0.25) is 0 Å². The summed E-state index contributed by atoms with van der Waals surface area (Å²) in [5.41, 5.74) is 0.656. The summed E-state index contributed by atoms with van der Waals surface area (Å²) in [5.74, 6) is 0. The second-order valence-electron chi connectivity index (χ2n) is 4.08. The van der Waals surface area contributed by atoms with E-state index in [4.69, 9.17) is 4.74 Å². The highest BCUT2D eigenvalue weighted by Gasteiger charge is 2.31. The average molecular weight is 260 g/mol. The molecule has 1 aromatic carbocycles. The van der Waals surface area contributed by atoms with Crippen molar-refractivity contribution in [3.05, 3.63) is 23.8 Å². The van der Waals surface area contributed by atoms with E-state index in [9.17, 15) is 13.2 Å². The molecule has 0 amide bonds. The normalized spacial score (nSPS) is 16.8. The van der Waals surface area contributed by atoms with Crippen molar-refractivity contribution < 1.29 is 17.9 Å². The van der Waals surface area contributed by atoms with Gasteiger partial charge in [0, 0.05) is 20.1 Å². The van der Waals surface area contributed by atoms with Crippen LogP contribution in [0.25, 0.3) is 0 Å². The molecule has 1 aliphatic heterocycles. The number of halogens is 3. The van der Waals surface area contributed by atoms with E-state index in [0.29, 0.717) is 37.7 Å². The third-order valence-electron chi connectivity index (χ3n) is 2.95. The highest BCUT2D eigenvalue weighted by molar-refractivity contribution is 5.71. The van der Waals surface area contributed by atoms with Crippen LogP contribution in [0.3, 0.4) is 0 Å². The molecule has 3 nitrogen and oxygen atoms in total. The van der Waals surface area contributed by atoms with Crippen molar-refractivity contribution in [3.8, 4) is 0 Å². The third kappa shape index (κ3) is 2.69. The Hall–Kier alpha value is -1.43. The van der Waals surface area contributed by atoms with Crippen LogP contribution in [0.4, 0.5) is 24.5 Å². The lowest BCUT2D eigenvalue weighted by molar-refractivity contribution is -0.137. The Labute approximate surface area is 104 Å². The van der Waals surface area contributed by atoms with Crippen molar-refractivity contribution in [1.29, 1.82) is 0 Å². The van der Waals surface area contributed by atoms with E-state index in [1.54, 1.807) is 7.05 Å². The van der Waals surface area contributed by atoms with Crippen molar-refractivity contribution in [2.24, 2.45) is 0 Å². The zero-order valence-corrected chi connectivity index (χ0v) is 10.0. The maximum Gasteiger partial charge on any atom is 0.416 e. The summed E-state index contributed by atoms with van der Waals surface area (Å²) in [6.45, 7) is 2.30. The standard InChI is InChI=1S/C12H15F3N2O/c1-16-10-3-2-9(12(13,14)15)8-11(10)17-4-6-18-7-5-17/h2-3,8,16H,4-7H2,1H3. The summed E-state index contributed by atoms with van der Waals surface area (Å²) in [7, 11) is 1.70. The minimum Gasteiger partial charge on any atom is -0.386 e. The van der Waals surface area contributed by atoms with Crippen molar-refractivity contribution in [2.45, 2.75) is 6.18 Å². The van der Waals surface area contributed by atoms with Gasteiger partial charge in [0.2, 0.25) is 0 Å². The van der Waals surface area contributed by atoms with E-state index >= 15 is 0 Å². The number of alkyl halides is 3. The number of hydrogen-bond donors (Lipinski definition) is 1. The zero-order valence-electron chi connectivity index (χ0n) is 10.0. The fraction of sp³-hybridized carbons (Fsp3) is 0.500. The smallest absolute Gasteiger partial charge is 0.386 e. The van der Waals surface area contributed by atoms with Gasteiger partial charge in [-0.15, -0.1) is 0 Å². The van der Waals surface area contributed by atoms with Crippen LogP contribution in [0.5, 0.6) is 0 Å². The Balaban J connectivity index is 2.35. The lowest BCUT2D eigenvalue weighted by atomic mass is 10.1. The van der Waals surface area contributed by atoms with Crippen molar-refractivity contribution in [3.63, 3.8) is 0 Å². The lowest BCUT2D eigenvalue weighted by Crippen LogP contribution is -2.36. The predicted molar refractivity (Wildman–Crippen MR) is 64.0 cm³/mol. The Bertz CT molecular complexity index is 414. The SMILES string of the molecule is CNc1ccc(C(F)(F)F)cc1N1CCOCC1. The molecule has 0 spiro atoms. The number of rotatable bonds is 2. The van der Waals surface area contributed by atoms with Gasteiger partial charge in [-0.05, 0) is 18.2 Å². The van der Waals surface area contributed by atoms with Crippen LogP contribution in [0, 0.1) is 0 Å². The lowest BCUT2D eigenvalue weighted by Gasteiger charge is -2.31. The highest BCUT2D eigenvalue weighted by atomic mass is 19.4. The molecule has 0 unspecified atom stereocenters. The van der Waals surface area contributed by atoms with E-state index in [2.05, 4.69) is 5.32 Å². The average Bonchev–Trinajstić information content (AvgIpc) is 2.38. The van der Waals surface area contributed by atoms with E-state index in [0.717, 1.165) is 6.07 Å². The molecule has 0 saturated carbocycles. The number of nitrogens with zero attached hydrogens (tertiary/aromatic N) is 1. The molecule has 1 N–H and O–H groups in total. The Morgan fingerprint density at radius 2 is 1.89 bits per heavy atom. The van der Waals surface area contributed by atoms with Gasteiger partial charge < -0.3 is 15.0 Å². The largest absolute Gasteiger partial charge is 0.416 e. The van der Waals surface area contributed by atoms with E-state index in [1.807, 2.05) is 4.90 Å². The maximum absolute atomic E-state index is 12.7. The molecule has 0 aliphatic carbocycles. The highest BCUT2D eigenvalue weighted by Crippen LogP contribution is 2.35. The van der Waals surface area contributed by atoms with Crippen LogP contribution in [-0.4, -0.2) is 33.4 Å². The van der Waals surface area contributed by atoms with E-state index < -0.39 is 11.7 Å². The Morgan fingerprint density at radius 3 is 2.44 bits per heavy atom. The molecule has 2 rings (SSSR count). The van der Waals surface area contributed by atoms with Crippen LogP contribution in [0.2, 0.25) is 0 Å². The number of ether oxygens (including phenoxy) is 1. The first-order valence-electron chi connectivity index (χ1n) is 5.74. The fourth-order valence-electron chi connectivity index (χ4n) is 1.99.